The Kier molecular flexibility index (Phi) is 5.65. The average molecular weight is 307 g/mol. The molecule has 0 aliphatic carbocycles. The molecule has 22 heavy (non-hydrogen) atoms. The van der Waals surface area contributed by atoms with Crippen molar-refractivity contribution >= 4 is 5.96 Å². The normalized spacial score (nSPS) is 33.4. The van der Waals surface area contributed by atoms with Gasteiger partial charge in [0.1, 0.15) is 0 Å². The summed E-state index contributed by atoms with van der Waals surface area (Å²) in [6.45, 7) is 4.60. The third-order valence-electron chi connectivity index (χ3n) is 5.99. The summed E-state index contributed by atoms with van der Waals surface area (Å²) in [7, 11) is 0. The van der Waals surface area contributed by atoms with Crippen molar-refractivity contribution in [2.24, 2.45) is 0 Å². The fraction of sp³-hybridized carbons (Fsp3) is 0.947. The van der Waals surface area contributed by atoms with Crippen LogP contribution in [0.15, 0.2) is 0 Å². The molecule has 4 atom stereocenters. The van der Waals surface area contributed by atoms with E-state index >= 15 is 0 Å². The zero-order valence-electron chi connectivity index (χ0n) is 14.7. The van der Waals surface area contributed by atoms with E-state index in [2.05, 4.69) is 29.1 Å². The number of hydrogen-bond acceptors (Lipinski definition) is 2. The molecule has 0 amide bonds. The molecular formula is C19H36N3+. The monoisotopic (exact) mass is 306 g/mol. The molecule has 3 nitrogen and oxygen atoms in total. The molecule has 3 aliphatic rings. The molecule has 0 aromatic carbocycles. The van der Waals surface area contributed by atoms with Crippen molar-refractivity contribution in [2.75, 3.05) is 0 Å². The summed E-state index contributed by atoms with van der Waals surface area (Å²) >= 11 is 0. The van der Waals surface area contributed by atoms with Crippen LogP contribution in [0.3, 0.4) is 0 Å². The first-order valence-electron chi connectivity index (χ1n) is 10.00. The summed E-state index contributed by atoms with van der Waals surface area (Å²) in [6.07, 6.45) is 16.5. The predicted molar refractivity (Wildman–Crippen MR) is 93.4 cm³/mol. The lowest BCUT2D eigenvalue weighted by Crippen LogP contribution is -2.62. The maximum absolute atomic E-state index is 3.87. The number of guanidine groups is 1. The van der Waals surface area contributed by atoms with Crippen LogP contribution in [-0.4, -0.2) is 34.7 Å². The molecule has 0 spiro atoms. The third-order valence-corrected chi connectivity index (χ3v) is 5.99. The van der Waals surface area contributed by atoms with Gasteiger partial charge >= 0.3 is 5.96 Å². The van der Waals surface area contributed by atoms with Gasteiger partial charge in [-0.1, -0.05) is 52.4 Å². The zero-order valence-corrected chi connectivity index (χ0v) is 14.7. The van der Waals surface area contributed by atoms with Crippen molar-refractivity contribution in [1.29, 1.82) is 0 Å². The van der Waals surface area contributed by atoms with Gasteiger partial charge in [0, 0.05) is 12.8 Å². The summed E-state index contributed by atoms with van der Waals surface area (Å²) in [5.74, 6) is 1.40. The van der Waals surface area contributed by atoms with Gasteiger partial charge in [-0.15, -0.1) is 0 Å². The van der Waals surface area contributed by atoms with Gasteiger partial charge in [0.2, 0.25) is 0 Å². The Morgan fingerprint density at radius 1 is 0.818 bits per heavy atom. The molecule has 4 unspecified atom stereocenters. The van der Waals surface area contributed by atoms with E-state index in [0.717, 1.165) is 12.1 Å². The SMILES string of the molecule is CCCCCC1CC2CCC3CC(CCCCC)NC(=[N+]23)N1. The summed E-state index contributed by atoms with van der Waals surface area (Å²) in [6, 6.07) is 3.06. The largest absolute Gasteiger partial charge is 0.346 e. The van der Waals surface area contributed by atoms with Crippen LogP contribution in [0.2, 0.25) is 0 Å². The molecule has 1 saturated heterocycles. The van der Waals surface area contributed by atoms with Crippen molar-refractivity contribution in [1.82, 2.24) is 10.6 Å². The molecule has 3 aliphatic heterocycles. The molecule has 3 heterocycles. The van der Waals surface area contributed by atoms with Crippen LogP contribution < -0.4 is 10.6 Å². The first kappa shape index (κ1) is 16.1. The number of hydrogen-bond donors (Lipinski definition) is 2. The number of rotatable bonds is 8. The van der Waals surface area contributed by atoms with Crippen molar-refractivity contribution < 1.29 is 4.58 Å². The minimum Gasteiger partial charge on any atom is -0.275 e. The van der Waals surface area contributed by atoms with Crippen LogP contribution >= 0.6 is 0 Å². The van der Waals surface area contributed by atoms with E-state index in [1.54, 1.807) is 0 Å². The molecule has 2 N–H and O–H groups in total. The second-order valence-electron chi connectivity index (χ2n) is 7.79. The molecule has 0 saturated carbocycles. The second kappa shape index (κ2) is 7.70. The maximum Gasteiger partial charge on any atom is 0.346 e. The third kappa shape index (κ3) is 3.60. The van der Waals surface area contributed by atoms with E-state index in [4.69, 9.17) is 0 Å². The van der Waals surface area contributed by atoms with Crippen molar-refractivity contribution in [3.05, 3.63) is 0 Å². The van der Waals surface area contributed by atoms with E-state index in [0.29, 0.717) is 12.1 Å². The molecule has 126 valence electrons. The first-order valence-corrected chi connectivity index (χ1v) is 10.00. The smallest absolute Gasteiger partial charge is 0.275 e. The summed E-state index contributed by atoms with van der Waals surface area (Å²) in [4.78, 5) is 0. The maximum atomic E-state index is 3.87. The Morgan fingerprint density at radius 2 is 1.32 bits per heavy atom. The minimum absolute atomic E-state index is 0.712. The number of nitrogens with one attached hydrogen (secondary N) is 2. The average Bonchev–Trinajstić information content (AvgIpc) is 2.92. The summed E-state index contributed by atoms with van der Waals surface area (Å²) in [5.41, 5.74) is 0. The van der Waals surface area contributed by atoms with Crippen LogP contribution in [0.5, 0.6) is 0 Å². The lowest BCUT2D eigenvalue weighted by Gasteiger charge is -2.36. The molecule has 0 aromatic rings. The van der Waals surface area contributed by atoms with Crippen molar-refractivity contribution in [3.63, 3.8) is 0 Å². The highest BCUT2D eigenvalue weighted by molar-refractivity contribution is 5.76. The van der Waals surface area contributed by atoms with Crippen molar-refractivity contribution in [2.45, 2.75) is 115 Å². The molecule has 0 bridgehead atoms. The minimum atomic E-state index is 0.712. The van der Waals surface area contributed by atoms with Crippen LogP contribution in [-0.2, 0) is 0 Å². The molecule has 0 radical (unpaired) electrons. The fourth-order valence-corrected chi connectivity index (χ4v) is 4.80. The van der Waals surface area contributed by atoms with Crippen molar-refractivity contribution in [3.8, 4) is 0 Å². The highest BCUT2D eigenvalue weighted by Gasteiger charge is 2.45. The van der Waals surface area contributed by atoms with Crippen LogP contribution in [0.1, 0.15) is 90.9 Å². The Morgan fingerprint density at radius 3 is 1.77 bits per heavy atom. The molecular weight excluding hydrogens is 270 g/mol. The molecule has 0 aromatic heterocycles. The van der Waals surface area contributed by atoms with Crippen LogP contribution in [0.25, 0.3) is 0 Å². The van der Waals surface area contributed by atoms with Crippen LogP contribution in [0, 0.1) is 0 Å². The molecule has 1 fully saturated rings. The van der Waals surface area contributed by atoms with Gasteiger partial charge in [0.15, 0.2) is 0 Å². The van der Waals surface area contributed by atoms with Gasteiger partial charge < -0.3 is 0 Å². The Balaban J connectivity index is 1.59. The quantitative estimate of drug-likeness (QED) is 0.527. The van der Waals surface area contributed by atoms with E-state index in [9.17, 15) is 0 Å². The second-order valence-corrected chi connectivity index (χ2v) is 7.79. The topological polar surface area (TPSA) is 27.1 Å². The van der Waals surface area contributed by atoms with Gasteiger partial charge in [-0.3, -0.25) is 15.2 Å². The lowest BCUT2D eigenvalue weighted by molar-refractivity contribution is -0.593. The Hall–Kier alpha value is -0.730. The van der Waals surface area contributed by atoms with Gasteiger partial charge in [0.25, 0.3) is 0 Å². The summed E-state index contributed by atoms with van der Waals surface area (Å²) in [5, 5.41) is 7.73. The van der Waals surface area contributed by atoms with E-state index in [1.807, 2.05) is 0 Å². The number of nitrogens with zero attached hydrogens (tertiary/aromatic N) is 1. The van der Waals surface area contributed by atoms with Gasteiger partial charge in [-0.2, -0.15) is 0 Å². The van der Waals surface area contributed by atoms with Gasteiger partial charge in [0.05, 0.1) is 24.2 Å². The zero-order chi connectivity index (χ0) is 15.4. The van der Waals surface area contributed by atoms with E-state index < -0.39 is 0 Å². The lowest BCUT2D eigenvalue weighted by atomic mass is 9.97. The predicted octanol–water partition coefficient (Wildman–Crippen LogP) is 3.77. The fourth-order valence-electron chi connectivity index (χ4n) is 4.80. The van der Waals surface area contributed by atoms with E-state index in [1.165, 1.54) is 83.0 Å². The Labute approximate surface area is 136 Å². The number of unbranched alkanes of at least 4 members (excludes halogenated alkanes) is 4. The van der Waals surface area contributed by atoms with Crippen LogP contribution in [0.4, 0.5) is 0 Å². The standard InChI is InChI=1S/C19H35N3/c1-3-5-7-9-15-13-17-11-12-18-14-16(10-8-6-4-2)21-19(20-15)22(17)18/h15-18H,3-14H2,1-2H3,(H,20,21)/p+1. The highest BCUT2D eigenvalue weighted by Crippen LogP contribution is 2.32. The van der Waals surface area contributed by atoms with E-state index in [-0.39, 0.29) is 0 Å². The highest BCUT2D eigenvalue weighted by atomic mass is 15.3. The Bertz CT molecular complexity index is 356. The molecule has 3 rings (SSSR count). The summed E-state index contributed by atoms with van der Waals surface area (Å²) < 4.78 is 2.71. The first-order chi connectivity index (χ1) is 10.8. The van der Waals surface area contributed by atoms with Gasteiger partial charge in [-0.25, -0.2) is 0 Å². The molecule has 3 heteroatoms. The van der Waals surface area contributed by atoms with Gasteiger partial charge in [-0.05, 0) is 25.7 Å².